The number of rotatable bonds is 10. The van der Waals surface area contributed by atoms with Crippen molar-refractivity contribution in [1.82, 2.24) is 25.2 Å². The lowest BCUT2D eigenvalue weighted by atomic mass is 9.95. The Balaban J connectivity index is 1.78. The number of carbonyl (C=O) groups is 2. The summed E-state index contributed by atoms with van der Waals surface area (Å²) >= 11 is 0. The summed E-state index contributed by atoms with van der Waals surface area (Å²) in [5.74, 6) is 0.254. The van der Waals surface area contributed by atoms with Gasteiger partial charge < -0.3 is 15.0 Å². The zero-order valence-electron chi connectivity index (χ0n) is 22.6. The molecule has 0 saturated heterocycles. The smallest absolute Gasteiger partial charge is 0.247 e. The van der Waals surface area contributed by atoms with Gasteiger partial charge in [-0.3, -0.25) is 9.59 Å². The van der Waals surface area contributed by atoms with Crippen LogP contribution in [-0.2, 0) is 22.7 Å². The number of amides is 2. The van der Waals surface area contributed by atoms with Gasteiger partial charge in [0, 0.05) is 12.1 Å². The van der Waals surface area contributed by atoms with Gasteiger partial charge in [-0.2, -0.15) is 0 Å². The second kappa shape index (κ2) is 11.5. The van der Waals surface area contributed by atoms with E-state index in [0.717, 1.165) is 34.4 Å². The quantitative estimate of drug-likeness (QED) is 0.328. The Bertz CT molecular complexity index is 1410. The van der Waals surface area contributed by atoms with Crippen LogP contribution in [0.15, 0.2) is 72.8 Å². The van der Waals surface area contributed by atoms with Gasteiger partial charge in [0.15, 0.2) is 0 Å². The molecule has 1 heterocycles. The van der Waals surface area contributed by atoms with Crippen molar-refractivity contribution in [2.75, 3.05) is 7.11 Å². The first-order valence-corrected chi connectivity index (χ1v) is 12.8. The summed E-state index contributed by atoms with van der Waals surface area (Å²) in [6.07, 6.45) is 0.747. The number of hydrogen-bond donors (Lipinski definition) is 1. The van der Waals surface area contributed by atoms with E-state index in [1.165, 1.54) is 0 Å². The molecule has 0 aliphatic carbocycles. The van der Waals surface area contributed by atoms with E-state index >= 15 is 0 Å². The van der Waals surface area contributed by atoms with E-state index in [-0.39, 0.29) is 24.9 Å². The van der Waals surface area contributed by atoms with Crippen molar-refractivity contribution in [3.63, 3.8) is 0 Å². The van der Waals surface area contributed by atoms with Gasteiger partial charge in [0.1, 0.15) is 23.9 Å². The Labute approximate surface area is 223 Å². The number of ether oxygens (including phenoxy) is 1. The normalized spacial score (nSPS) is 12.2. The number of fused-ring (bicyclic) bond motifs is 1. The maximum Gasteiger partial charge on any atom is 0.247 e. The molecule has 4 rings (SSSR count). The first-order chi connectivity index (χ1) is 18.2. The highest BCUT2D eigenvalue weighted by molar-refractivity contribution is 5.90. The monoisotopic (exact) mass is 513 g/mol. The average Bonchev–Trinajstić information content (AvgIpc) is 3.32. The van der Waals surface area contributed by atoms with Crippen LogP contribution in [0.25, 0.3) is 11.0 Å². The average molecular weight is 514 g/mol. The number of carbonyl (C=O) groups excluding carboxylic acids is 2. The molecule has 1 N–H and O–H groups in total. The first-order valence-electron chi connectivity index (χ1n) is 12.8. The van der Waals surface area contributed by atoms with Gasteiger partial charge in [0.05, 0.1) is 12.6 Å². The zero-order valence-corrected chi connectivity index (χ0v) is 22.6. The standard InChI is InChI=1S/C30H35N5O3/c1-6-30(3,4)31-29(37)28(24-12-8-7-11-21(24)2)34(19-22-15-17-23(38-5)18-16-22)27(36)20-35-26-14-10-9-13-25(26)32-33-35/h7-18,28H,6,19-20H2,1-5H3,(H,31,37)/t28-/m0/s1. The van der Waals surface area contributed by atoms with Crippen LogP contribution in [-0.4, -0.2) is 44.4 Å². The molecule has 0 bridgehead atoms. The van der Waals surface area contributed by atoms with E-state index in [9.17, 15) is 9.59 Å². The number of para-hydroxylation sites is 1. The highest BCUT2D eigenvalue weighted by Crippen LogP contribution is 2.28. The molecule has 0 unspecified atom stereocenters. The van der Waals surface area contributed by atoms with E-state index in [2.05, 4.69) is 15.6 Å². The fraction of sp³-hybridized carbons (Fsp3) is 0.333. The van der Waals surface area contributed by atoms with Crippen LogP contribution in [0.5, 0.6) is 5.75 Å². The minimum Gasteiger partial charge on any atom is -0.497 e. The Morgan fingerprint density at radius 2 is 1.71 bits per heavy atom. The van der Waals surface area contributed by atoms with Crippen molar-refractivity contribution in [3.05, 3.63) is 89.5 Å². The molecule has 3 aromatic carbocycles. The Hall–Kier alpha value is -4.20. The van der Waals surface area contributed by atoms with E-state index in [1.807, 2.05) is 100 Å². The van der Waals surface area contributed by atoms with Crippen molar-refractivity contribution in [2.45, 2.75) is 58.8 Å². The third kappa shape index (κ3) is 6.02. The van der Waals surface area contributed by atoms with Gasteiger partial charge in [-0.15, -0.1) is 5.10 Å². The summed E-state index contributed by atoms with van der Waals surface area (Å²) in [4.78, 5) is 29.7. The molecule has 8 nitrogen and oxygen atoms in total. The second-order valence-electron chi connectivity index (χ2n) is 10.1. The molecular formula is C30H35N5O3. The number of methoxy groups -OCH3 is 1. The highest BCUT2D eigenvalue weighted by Gasteiger charge is 2.35. The fourth-order valence-electron chi connectivity index (χ4n) is 4.34. The lowest BCUT2D eigenvalue weighted by Gasteiger charge is -2.35. The summed E-state index contributed by atoms with van der Waals surface area (Å²) in [5, 5.41) is 11.6. The molecule has 198 valence electrons. The number of hydrogen-bond acceptors (Lipinski definition) is 5. The lowest BCUT2D eigenvalue weighted by Crippen LogP contribution is -2.50. The Morgan fingerprint density at radius 3 is 2.39 bits per heavy atom. The molecule has 4 aromatic rings. The topological polar surface area (TPSA) is 89.4 Å². The molecule has 0 aliphatic rings. The predicted octanol–water partition coefficient (Wildman–Crippen LogP) is 4.82. The molecule has 0 radical (unpaired) electrons. The maximum absolute atomic E-state index is 14.1. The number of aryl methyl sites for hydroxylation is 1. The summed E-state index contributed by atoms with van der Waals surface area (Å²) in [6, 6.07) is 21.9. The largest absolute Gasteiger partial charge is 0.497 e. The zero-order chi connectivity index (χ0) is 27.3. The third-order valence-corrected chi connectivity index (χ3v) is 6.93. The van der Waals surface area contributed by atoms with Crippen LogP contribution in [0.4, 0.5) is 0 Å². The van der Waals surface area contributed by atoms with E-state index < -0.39 is 11.6 Å². The maximum atomic E-state index is 14.1. The van der Waals surface area contributed by atoms with Gasteiger partial charge in [-0.25, -0.2) is 4.68 Å². The molecule has 8 heteroatoms. The minimum absolute atomic E-state index is 0.0521. The van der Waals surface area contributed by atoms with Gasteiger partial charge in [-0.05, 0) is 68.1 Å². The van der Waals surface area contributed by atoms with Crippen molar-refractivity contribution >= 4 is 22.8 Å². The molecule has 0 aliphatic heterocycles. The number of nitrogens with zero attached hydrogens (tertiary/aromatic N) is 4. The van der Waals surface area contributed by atoms with Crippen LogP contribution >= 0.6 is 0 Å². The molecule has 1 aromatic heterocycles. The van der Waals surface area contributed by atoms with Gasteiger partial charge in [0.25, 0.3) is 0 Å². The molecule has 0 saturated carbocycles. The van der Waals surface area contributed by atoms with E-state index in [0.29, 0.717) is 5.52 Å². The van der Waals surface area contributed by atoms with Crippen molar-refractivity contribution in [2.24, 2.45) is 0 Å². The van der Waals surface area contributed by atoms with Crippen molar-refractivity contribution < 1.29 is 14.3 Å². The molecule has 1 atom stereocenters. The van der Waals surface area contributed by atoms with E-state index in [4.69, 9.17) is 4.74 Å². The van der Waals surface area contributed by atoms with Crippen LogP contribution in [0, 0.1) is 6.92 Å². The predicted molar refractivity (Wildman–Crippen MR) is 148 cm³/mol. The van der Waals surface area contributed by atoms with Gasteiger partial charge in [-0.1, -0.05) is 60.7 Å². The molecule has 0 spiro atoms. The fourth-order valence-corrected chi connectivity index (χ4v) is 4.34. The van der Waals surface area contributed by atoms with Crippen molar-refractivity contribution in [1.29, 1.82) is 0 Å². The van der Waals surface area contributed by atoms with Crippen LogP contribution < -0.4 is 10.1 Å². The summed E-state index contributed by atoms with van der Waals surface area (Å²) < 4.78 is 6.89. The molecule has 2 amide bonds. The second-order valence-corrected chi connectivity index (χ2v) is 10.1. The number of nitrogens with one attached hydrogen (secondary N) is 1. The van der Waals surface area contributed by atoms with Crippen molar-refractivity contribution in [3.8, 4) is 5.75 Å². The van der Waals surface area contributed by atoms with Crippen LogP contribution in [0.2, 0.25) is 0 Å². The van der Waals surface area contributed by atoms with Gasteiger partial charge in [0.2, 0.25) is 11.8 Å². The van der Waals surface area contributed by atoms with Crippen LogP contribution in [0.3, 0.4) is 0 Å². The lowest BCUT2D eigenvalue weighted by molar-refractivity contribution is -0.143. The highest BCUT2D eigenvalue weighted by atomic mass is 16.5. The summed E-state index contributed by atoms with van der Waals surface area (Å²) in [5.41, 5.74) is 3.62. The SMILES string of the molecule is CCC(C)(C)NC(=O)[C@H](c1ccccc1C)N(Cc1ccc(OC)cc1)C(=O)Cn1nnc2ccccc21. The molecule has 0 fully saturated rings. The molecular weight excluding hydrogens is 478 g/mol. The summed E-state index contributed by atoms with van der Waals surface area (Å²) in [7, 11) is 1.61. The number of benzene rings is 3. The summed E-state index contributed by atoms with van der Waals surface area (Å²) in [6.45, 7) is 8.13. The van der Waals surface area contributed by atoms with Crippen LogP contribution in [0.1, 0.15) is 49.9 Å². The number of aromatic nitrogens is 3. The Kier molecular flexibility index (Phi) is 8.10. The van der Waals surface area contributed by atoms with Gasteiger partial charge >= 0.3 is 0 Å². The molecule has 38 heavy (non-hydrogen) atoms. The minimum atomic E-state index is -0.841. The first kappa shape index (κ1) is 26.9. The Morgan fingerprint density at radius 1 is 1.03 bits per heavy atom. The third-order valence-electron chi connectivity index (χ3n) is 6.93. The van der Waals surface area contributed by atoms with E-state index in [1.54, 1.807) is 16.7 Å².